The van der Waals surface area contributed by atoms with Crippen molar-refractivity contribution in [2.75, 3.05) is 11.9 Å². The first-order valence-corrected chi connectivity index (χ1v) is 9.55. The van der Waals surface area contributed by atoms with Gasteiger partial charge >= 0.3 is 11.8 Å². The number of carbonyl (C=O) groups excluding carboxylic acids is 2. The molecule has 0 saturated heterocycles. The number of unbranched alkanes of at least 4 members (excludes halogenated alkanes) is 6. The monoisotopic (exact) mass is 346 g/mol. The van der Waals surface area contributed by atoms with E-state index in [1.54, 1.807) is 0 Å². The molecule has 1 aromatic carbocycles. The molecule has 0 aliphatic carbocycles. The summed E-state index contributed by atoms with van der Waals surface area (Å²) in [6.45, 7) is 9.01. The van der Waals surface area contributed by atoms with Crippen LogP contribution in [0.25, 0.3) is 0 Å². The van der Waals surface area contributed by atoms with E-state index in [-0.39, 0.29) is 5.41 Å². The van der Waals surface area contributed by atoms with Gasteiger partial charge in [0.2, 0.25) is 0 Å². The van der Waals surface area contributed by atoms with Gasteiger partial charge in [-0.2, -0.15) is 0 Å². The number of hydrogen-bond acceptors (Lipinski definition) is 2. The van der Waals surface area contributed by atoms with Crippen molar-refractivity contribution < 1.29 is 9.59 Å². The van der Waals surface area contributed by atoms with Crippen LogP contribution in [-0.4, -0.2) is 18.4 Å². The molecule has 0 spiro atoms. The van der Waals surface area contributed by atoms with Gasteiger partial charge < -0.3 is 10.6 Å². The molecule has 1 rings (SSSR count). The van der Waals surface area contributed by atoms with Crippen LogP contribution in [0.3, 0.4) is 0 Å². The van der Waals surface area contributed by atoms with E-state index in [0.717, 1.165) is 18.4 Å². The molecule has 1 aromatic rings. The Morgan fingerprint density at radius 3 is 2.12 bits per heavy atom. The number of anilines is 1. The summed E-state index contributed by atoms with van der Waals surface area (Å²) in [4.78, 5) is 24.1. The van der Waals surface area contributed by atoms with Crippen molar-refractivity contribution in [3.8, 4) is 0 Å². The largest absolute Gasteiger partial charge is 0.348 e. The Labute approximate surface area is 152 Å². The first-order valence-electron chi connectivity index (χ1n) is 9.55. The van der Waals surface area contributed by atoms with E-state index in [9.17, 15) is 9.59 Å². The molecule has 0 heterocycles. The molecule has 0 aliphatic rings. The van der Waals surface area contributed by atoms with Crippen molar-refractivity contribution in [1.82, 2.24) is 5.32 Å². The van der Waals surface area contributed by atoms with Crippen LogP contribution >= 0.6 is 0 Å². The highest BCUT2D eigenvalue weighted by Crippen LogP contribution is 2.29. The van der Waals surface area contributed by atoms with Crippen LogP contribution < -0.4 is 10.6 Å². The van der Waals surface area contributed by atoms with Crippen LogP contribution in [0.2, 0.25) is 0 Å². The summed E-state index contributed by atoms with van der Waals surface area (Å²) in [5.41, 5.74) is 1.62. The maximum absolute atomic E-state index is 12.1. The highest BCUT2D eigenvalue weighted by atomic mass is 16.2. The molecule has 0 unspecified atom stereocenters. The number of hydrogen-bond donors (Lipinski definition) is 2. The molecule has 0 bridgehead atoms. The van der Waals surface area contributed by atoms with Gasteiger partial charge in [-0.25, -0.2) is 0 Å². The second-order valence-corrected chi connectivity index (χ2v) is 7.63. The highest BCUT2D eigenvalue weighted by molar-refractivity contribution is 6.39. The fraction of sp³-hybridized carbons (Fsp3) is 0.619. The Kier molecular flexibility index (Phi) is 9.25. The van der Waals surface area contributed by atoms with Crippen LogP contribution in [0.1, 0.15) is 78.2 Å². The number of amides is 2. The SMILES string of the molecule is CCCCCCCCCNC(=O)C(=O)Nc1ccccc1C(C)(C)C. The lowest BCUT2D eigenvalue weighted by molar-refractivity contribution is -0.136. The van der Waals surface area contributed by atoms with Gasteiger partial charge in [-0.1, -0.05) is 84.4 Å². The van der Waals surface area contributed by atoms with Gasteiger partial charge in [0.1, 0.15) is 0 Å². The van der Waals surface area contributed by atoms with E-state index in [4.69, 9.17) is 0 Å². The van der Waals surface area contributed by atoms with Crippen LogP contribution in [0, 0.1) is 0 Å². The summed E-state index contributed by atoms with van der Waals surface area (Å²) in [5, 5.41) is 5.45. The number of benzene rings is 1. The Balaban J connectivity index is 2.35. The Morgan fingerprint density at radius 1 is 0.880 bits per heavy atom. The van der Waals surface area contributed by atoms with Gasteiger partial charge in [0.15, 0.2) is 0 Å². The molecule has 0 radical (unpaired) electrons. The second-order valence-electron chi connectivity index (χ2n) is 7.63. The molecule has 4 heteroatoms. The Morgan fingerprint density at radius 2 is 1.48 bits per heavy atom. The molecule has 4 nitrogen and oxygen atoms in total. The van der Waals surface area contributed by atoms with Gasteiger partial charge in [-0.15, -0.1) is 0 Å². The zero-order chi connectivity index (χ0) is 18.7. The lowest BCUT2D eigenvalue weighted by atomic mass is 9.86. The fourth-order valence-electron chi connectivity index (χ4n) is 2.79. The van der Waals surface area contributed by atoms with Crippen LogP contribution in [0.5, 0.6) is 0 Å². The number of rotatable bonds is 9. The van der Waals surface area contributed by atoms with E-state index in [1.807, 2.05) is 24.3 Å². The summed E-state index contributed by atoms with van der Waals surface area (Å²) in [6, 6.07) is 7.62. The third-order valence-corrected chi connectivity index (χ3v) is 4.26. The zero-order valence-corrected chi connectivity index (χ0v) is 16.3. The molecule has 25 heavy (non-hydrogen) atoms. The van der Waals surface area contributed by atoms with E-state index in [1.165, 1.54) is 32.1 Å². The third-order valence-electron chi connectivity index (χ3n) is 4.26. The van der Waals surface area contributed by atoms with Crippen molar-refractivity contribution in [3.63, 3.8) is 0 Å². The van der Waals surface area contributed by atoms with Gasteiger partial charge in [0.25, 0.3) is 0 Å². The first kappa shape index (κ1) is 21.2. The quantitative estimate of drug-likeness (QED) is 0.499. The number of nitrogens with one attached hydrogen (secondary N) is 2. The molecular weight excluding hydrogens is 312 g/mol. The van der Waals surface area contributed by atoms with Crippen LogP contribution in [0.15, 0.2) is 24.3 Å². The Bertz CT molecular complexity index is 547. The number of para-hydroxylation sites is 1. The van der Waals surface area contributed by atoms with Gasteiger partial charge in [0, 0.05) is 12.2 Å². The van der Waals surface area contributed by atoms with E-state index >= 15 is 0 Å². The standard InChI is InChI=1S/C21H34N2O2/c1-5-6-7-8-9-10-13-16-22-19(24)20(25)23-18-15-12-11-14-17(18)21(2,3)4/h11-12,14-15H,5-10,13,16H2,1-4H3,(H,22,24)(H,23,25). The van der Waals surface area contributed by atoms with Crippen molar-refractivity contribution >= 4 is 17.5 Å². The maximum Gasteiger partial charge on any atom is 0.313 e. The second kappa shape index (κ2) is 10.9. The lowest BCUT2D eigenvalue weighted by Crippen LogP contribution is -2.36. The maximum atomic E-state index is 12.1. The molecule has 2 amide bonds. The predicted octanol–water partition coefficient (Wildman–Crippen LogP) is 4.79. The summed E-state index contributed by atoms with van der Waals surface area (Å²) in [7, 11) is 0. The van der Waals surface area contributed by atoms with Crippen LogP contribution in [-0.2, 0) is 15.0 Å². The molecule has 0 fully saturated rings. The summed E-state index contributed by atoms with van der Waals surface area (Å²) in [5.74, 6) is -1.16. The average molecular weight is 347 g/mol. The summed E-state index contributed by atoms with van der Waals surface area (Å²) < 4.78 is 0. The molecule has 140 valence electrons. The Hall–Kier alpha value is -1.84. The van der Waals surface area contributed by atoms with Gasteiger partial charge in [0.05, 0.1) is 0 Å². The van der Waals surface area contributed by atoms with Gasteiger partial charge in [-0.05, 0) is 23.5 Å². The van der Waals surface area contributed by atoms with Crippen molar-refractivity contribution in [1.29, 1.82) is 0 Å². The molecule has 0 aromatic heterocycles. The predicted molar refractivity (Wildman–Crippen MR) is 105 cm³/mol. The third kappa shape index (κ3) is 8.19. The smallest absolute Gasteiger partial charge is 0.313 e. The minimum absolute atomic E-state index is 0.0991. The van der Waals surface area contributed by atoms with Crippen molar-refractivity contribution in [3.05, 3.63) is 29.8 Å². The molecule has 0 saturated carbocycles. The minimum atomic E-state index is -0.598. The summed E-state index contributed by atoms with van der Waals surface area (Å²) in [6.07, 6.45) is 8.31. The minimum Gasteiger partial charge on any atom is -0.348 e. The molecular formula is C21H34N2O2. The summed E-state index contributed by atoms with van der Waals surface area (Å²) >= 11 is 0. The normalized spacial score (nSPS) is 11.2. The molecule has 0 atom stereocenters. The topological polar surface area (TPSA) is 58.2 Å². The average Bonchev–Trinajstić information content (AvgIpc) is 2.56. The fourth-order valence-corrected chi connectivity index (χ4v) is 2.79. The zero-order valence-electron chi connectivity index (χ0n) is 16.3. The first-order chi connectivity index (χ1) is 11.9. The number of carbonyl (C=O) groups is 2. The van der Waals surface area contributed by atoms with Crippen molar-refractivity contribution in [2.45, 2.75) is 78.1 Å². The van der Waals surface area contributed by atoms with E-state index in [0.29, 0.717) is 12.2 Å². The molecule has 0 aliphatic heterocycles. The van der Waals surface area contributed by atoms with Gasteiger partial charge in [-0.3, -0.25) is 9.59 Å². The van der Waals surface area contributed by atoms with Crippen LogP contribution in [0.4, 0.5) is 5.69 Å². The van der Waals surface area contributed by atoms with E-state index < -0.39 is 11.8 Å². The highest BCUT2D eigenvalue weighted by Gasteiger charge is 2.20. The molecule has 2 N–H and O–H groups in total. The lowest BCUT2D eigenvalue weighted by Gasteiger charge is -2.22. The van der Waals surface area contributed by atoms with E-state index in [2.05, 4.69) is 38.3 Å². The van der Waals surface area contributed by atoms with Crippen molar-refractivity contribution in [2.24, 2.45) is 0 Å².